The van der Waals surface area contributed by atoms with Crippen molar-refractivity contribution in [1.82, 2.24) is 0 Å². The molecule has 20 heavy (non-hydrogen) atoms. The van der Waals surface area contributed by atoms with Crippen molar-refractivity contribution in [2.45, 2.75) is 62.4 Å². The molecular weight excluding hydrogens is 319 g/mol. The summed E-state index contributed by atoms with van der Waals surface area (Å²) in [6.07, 6.45) is 17.9. The van der Waals surface area contributed by atoms with E-state index >= 15 is 0 Å². The monoisotopic (exact) mass is 344 g/mol. The van der Waals surface area contributed by atoms with Crippen LogP contribution in [-0.2, 0) is 23.2 Å². The van der Waals surface area contributed by atoms with E-state index in [2.05, 4.69) is 45.1 Å². The van der Waals surface area contributed by atoms with Gasteiger partial charge in [-0.3, -0.25) is 0 Å². The first-order valence-electron chi connectivity index (χ1n) is 8.25. The molecule has 104 valence electrons. The molecule has 3 aliphatic carbocycles. The van der Waals surface area contributed by atoms with Crippen molar-refractivity contribution in [1.29, 1.82) is 0 Å². The summed E-state index contributed by atoms with van der Waals surface area (Å²) in [5.74, 6) is 0.785. The first-order valence-corrected chi connectivity index (χ1v) is 10.7. The van der Waals surface area contributed by atoms with Gasteiger partial charge in [0.05, 0.1) is 0 Å². The Kier molecular flexibility index (Phi) is 4.37. The average Bonchev–Trinajstić information content (AvgIpc) is 3.00. The Morgan fingerprint density at radius 3 is 2.55 bits per heavy atom. The van der Waals surface area contributed by atoms with Crippen LogP contribution in [0.15, 0.2) is 44.3 Å². The van der Waals surface area contributed by atoms with Gasteiger partial charge < -0.3 is 0 Å². The van der Waals surface area contributed by atoms with Gasteiger partial charge in [0.2, 0.25) is 0 Å². The standard InChI is InChI=1S/C11H15.C8H11.Zr/c1-8-7-9(2)11-6-4-3-5-10(8)11;1-2-5-8-6-3-4-7-8;/h8H,3-6H2,1-2H3;3-4,6-7H,2,5H2,1H3;/q;;+2. The van der Waals surface area contributed by atoms with Gasteiger partial charge in [-0.2, -0.15) is 0 Å². The van der Waals surface area contributed by atoms with Crippen LogP contribution < -0.4 is 0 Å². The van der Waals surface area contributed by atoms with E-state index in [1.807, 2.05) is 8.85 Å². The molecule has 0 N–H and O–H groups in total. The third kappa shape index (κ3) is 2.52. The van der Waals surface area contributed by atoms with Crippen molar-refractivity contribution in [2.75, 3.05) is 0 Å². The fourth-order valence-corrected chi connectivity index (χ4v) is 9.01. The molecule has 0 amide bonds. The molecule has 0 spiro atoms. The summed E-state index contributed by atoms with van der Waals surface area (Å²) >= 11 is -0.571. The molecule has 0 bridgehead atoms. The third-order valence-corrected chi connectivity index (χ3v) is 10.5. The van der Waals surface area contributed by atoms with Gasteiger partial charge >= 0.3 is 136 Å². The normalized spacial score (nSPS) is 27.2. The summed E-state index contributed by atoms with van der Waals surface area (Å²) < 4.78 is 2.39. The maximum atomic E-state index is 2.52. The van der Waals surface area contributed by atoms with E-state index in [1.165, 1.54) is 38.5 Å². The van der Waals surface area contributed by atoms with E-state index < -0.39 is 23.2 Å². The quantitative estimate of drug-likeness (QED) is 0.591. The van der Waals surface area contributed by atoms with Gasteiger partial charge in [-0.1, -0.05) is 0 Å². The topological polar surface area (TPSA) is 0 Å². The zero-order valence-corrected chi connectivity index (χ0v) is 15.6. The number of allylic oxidation sites excluding steroid dienone is 8. The van der Waals surface area contributed by atoms with Gasteiger partial charge in [0.1, 0.15) is 0 Å². The molecular formula is C19H26Zr+2. The van der Waals surface area contributed by atoms with E-state index in [0.29, 0.717) is 3.12 Å². The summed E-state index contributed by atoms with van der Waals surface area (Å²) in [6, 6.07) is 0. The molecule has 1 heteroatoms. The first kappa shape index (κ1) is 14.8. The molecule has 3 aliphatic rings. The van der Waals surface area contributed by atoms with Crippen LogP contribution in [0, 0.1) is 5.92 Å². The van der Waals surface area contributed by atoms with Crippen LogP contribution in [0.4, 0.5) is 0 Å². The Hall–Kier alpha value is -0.157. The van der Waals surface area contributed by atoms with Crippen molar-refractivity contribution in [3.63, 3.8) is 0 Å². The van der Waals surface area contributed by atoms with Gasteiger partial charge in [-0.25, -0.2) is 0 Å². The average molecular weight is 346 g/mol. The summed E-state index contributed by atoms with van der Waals surface area (Å²) in [7, 11) is 0. The zero-order chi connectivity index (χ0) is 14.2. The molecule has 0 heterocycles. The molecule has 1 atom stereocenters. The van der Waals surface area contributed by atoms with Crippen LogP contribution in [0.25, 0.3) is 0 Å². The Balaban J connectivity index is 1.86. The molecule has 3 rings (SSSR count). The third-order valence-electron chi connectivity index (χ3n) is 5.25. The van der Waals surface area contributed by atoms with E-state index in [4.69, 9.17) is 0 Å². The summed E-state index contributed by atoms with van der Waals surface area (Å²) in [4.78, 5) is 0. The fraction of sp³-hybridized carbons (Fsp3) is 0.579. The molecule has 0 nitrogen and oxygen atoms in total. The Morgan fingerprint density at radius 1 is 1.20 bits per heavy atom. The second kappa shape index (κ2) is 5.92. The molecule has 1 unspecified atom stereocenters. The molecule has 0 aromatic heterocycles. The van der Waals surface area contributed by atoms with E-state index in [0.717, 1.165) is 5.92 Å². The van der Waals surface area contributed by atoms with E-state index in [9.17, 15) is 0 Å². The van der Waals surface area contributed by atoms with Crippen LogP contribution in [0.3, 0.4) is 0 Å². The van der Waals surface area contributed by atoms with Crippen molar-refractivity contribution in [3.05, 3.63) is 44.3 Å². The Morgan fingerprint density at radius 2 is 1.90 bits per heavy atom. The van der Waals surface area contributed by atoms with Gasteiger partial charge in [0.25, 0.3) is 0 Å². The number of hydrogen-bond acceptors (Lipinski definition) is 0. The predicted octanol–water partition coefficient (Wildman–Crippen LogP) is 5.95. The maximum absolute atomic E-state index is 2.52. The molecule has 0 fully saturated rings. The second-order valence-corrected chi connectivity index (χ2v) is 10.8. The molecule has 0 aliphatic heterocycles. The fourth-order valence-electron chi connectivity index (χ4n) is 4.19. The Labute approximate surface area is 135 Å². The molecule has 0 aromatic rings. The first-order chi connectivity index (χ1) is 9.67. The summed E-state index contributed by atoms with van der Waals surface area (Å²) in [5, 5.41) is 0. The van der Waals surface area contributed by atoms with Crippen molar-refractivity contribution in [2.24, 2.45) is 5.92 Å². The summed E-state index contributed by atoms with van der Waals surface area (Å²) in [5.41, 5.74) is 5.32. The van der Waals surface area contributed by atoms with Crippen LogP contribution in [0.1, 0.15) is 59.3 Å². The van der Waals surface area contributed by atoms with Crippen molar-refractivity contribution >= 4 is 0 Å². The molecule has 0 radical (unpaired) electrons. The van der Waals surface area contributed by atoms with Crippen molar-refractivity contribution < 1.29 is 23.2 Å². The van der Waals surface area contributed by atoms with Gasteiger partial charge in [-0.05, 0) is 0 Å². The minimum absolute atomic E-state index is 0.484. The SMILES string of the molecule is CCC[C]1([Zr+2][C]2=C(C)C3=C(CCCC3)C2C)C=CC=C1. The van der Waals surface area contributed by atoms with Gasteiger partial charge in [0.15, 0.2) is 0 Å². The predicted molar refractivity (Wildman–Crippen MR) is 83.2 cm³/mol. The summed E-state index contributed by atoms with van der Waals surface area (Å²) in [6.45, 7) is 7.27. The van der Waals surface area contributed by atoms with Crippen molar-refractivity contribution in [3.8, 4) is 0 Å². The zero-order valence-electron chi connectivity index (χ0n) is 13.1. The second-order valence-electron chi connectivity index (χ2n) is 6.60. The van der Waals surface area contributed by atoms with Crippen LogP contribution in [0.5, 0.6) is 0 Å². The van der Waals surface area contributed by atoms with Crippen LogP contribution >= 0.6 is 0 Å². The van der Waals surface area contributed by atoms with Crippen LogP contribution in [-0.4, -0.2) is 0 Å². The molecule has 0 saturated carbocycles. The van der Waals surface area contributed by atoms with E-state index in [1.54, 1.807) is 11.1 Å². The van der Waals surface area contributed by atoms with Gasteiger partial charge in [0, 0.05) is 0 Å². The molecule has 0 aromatic carbocycles. The van der Waals surface area contributed by atoms with Crippen LogP contribution in [0.2, 0.25) is 3.12 Å². The molecule has 0 saturated heterocycles. The number of hydrogen-bond donors (Lipinski definition) is 0. The Bertz CT molecular complexity index is 504. The van der Waals surface area contributed by atoms with Gasteiger partial charge in [-0.15, -0.1) is 0 Å². The minimum atomic E-state index is -0.571. The van der Waals surface area contributed by atoms with E-state index in [-0.39, 0.29) is 0 Å². The number of rotatable bonds is 4.